The molecule has 0 saturated heterocycles. The molecule has 0 aliphatic carbocycles. The molecule has 1 heterocycles. The highest BCUT2D eigenvalue weighted by molar-refractivity contribution is 5.19. The number of aryl methyl sites for hydroxylation is 1. The van der Waals surface area contributed by atoms with Crippen LogP contribution in [0.3, 0.4) is 0 Å². The Labute approximate surface area is 98.8 Å². The zero-order valence-electron chi connectivity index (χ0n) is 10.7. The van der Waals surface area contributed by atoms with E-state index in [1.54, 1.807) is 0 Å². The fraction of sp³-hybridized carbons (Fsp3) is 0.500. The zero-order chi connectivity index (χ0) is 12.0. The predicted octanol–water partition coefficient (Wildman–Crippen LogP) is 3.40. The van der Waals surface area contributed by atoms with E-state index in [-0.39, 0.29) is 6.04 Å². The van der Waals surface area contributed by atoms with Crippen LogP contribution in [-0.2, 0) is 0 Å². The Morgan fingerprint density at radius 2 is 2.19 bits per heavy atom. The van der Waals surface area contributed by atoms with Gasteiger partial charge in [0, 0.05) is 5.69 Å². The van der Waals surface area contributed by atoms with Crippen molar-refractivity contribution in [3.63, 3.8) is 0 Å². The molecule has 1 unspecified atom stereocenters. The Kier molecular flexibility index (Phi) is 5.20. The quantitative estimate of drug-likeness (QED) is 0.766. The lowest BCUT2D eigenvalue weighted by Gasteiger charge is -2.15. The van der Waals surface area contributed by atoms with Gasteiger partial charge in [-0.3, -0.25) is 4.98 Å². The smallest absolute Gasteiger partial charge is 0.0683 e. The van der Waals surface area contributed by atoms with E-state index in [2.05, 4.69) is 49.3 Å². The summed E-state index contributed by atoms with van der Waals surface area (Å²) >= 11 is 0. The van der Waals surface area contributed by atoms with Crippen molar-refractivity contribution in [1.29, 1.82) is 0 Å². The molecular weight excluding hydrogens is 196 g/mol. The first-order valence-corrected chi connectivity index (χ1v) is 5.95. The van der Waals surface area contributed by atoms with E-state index in [1.165, 1.54) is 5.57 Å². The van der Waals surface area contributed by atoms with E-state index < -0.39 is 0 Å². The lowest BCUT2D eigenvalue weighted by Crippen LogP contribution is -2.21. The first-order valence-electron chi connectivity index (χ1n) is 5.95. The maximum Gasteiger partial charge on any atom is 0.0683 e. The SMILES string of the molecule is CCCNC(C=C(C)C)c1cccc(C)n1. The van der Waals surface area contributed by atoms with E-state index >= 15 is 0 Å². The van der Waals surface area contributed by atoms with Crippen molar-refractivity contribution in [2.45, 2.75) is 40.2 Å². The van der Waals surface area contributed by atoms with Gasteiger partial charge in [-0.05, 0) is 45.9 Å². The largest absolute Gasteiger partial charge is 0.305 e. The van der Waals surface area contributed by atoms with Gasteiger partial charge in [-0.15, -0.1) is 0 Å². The zero-order valence-corrected chi connectivity index (χ0v) is 10.7. The van der Waals surface area contributed by atoms with E-state index in [1.807, 2.05) is 13.0 Å². The summed E-state index contributed by atoms with van der Waals surface area (Å²) in [6, 6.07) is 6.42. The van der Waals surface area contributed by atoms with Crippen LogP contribution in [0.25, 0.3) is 0 Å². The highest BCUT2D eigenvalue weighted by atomic mass is 14.9. The monoisotopic (exact) mass is 218 g/mol. The molecule has 16 heavy (non-hydrogen) atoms. The van der Waals surface area contributed by atoms with Gasteiger partial charge in [0.1, 0.15) is 0 Å². The van der Waals surface area contributed by atoms with E-state index in [0.717, 1.165) is 24.4 Å². The normalized spacial score (nSPS) is 12.2. The number of rotatable bonds is 5. The standard InChI is InChI=1S/C14H22N2/c1-5-9-15-14(10-11(2)3)13-8-6-7-12(4)16-13/h6-8,10,14-15H,5,9H2,1-4H3. The van der Waals surface area contributed by atoms with E-state index in [4.69, 9.17) is 0 Å². The molecule has 0 fully saturated rings. The Balaban J connectivity index is 2.87. The summed E-state index contributed by atoms with van der Waals surface area (Å²) in [6.07, 6.45) is 3.37. The molecule has 1 atom stereocenters. The lowest BCUT2D eigenvalue weighted by molar-refractivity contribution is 0.597. The first kappa shape index (κ1) is 12.9. The van der Waals surface area contributed by atoms with Crippen LogP contribution in [-0.4, -0.2) is 11.5 Å². The molecule has 1 aromatic heterocycles. The lowest BCUT2D eigenvalue weighted by atomic mass is 10.1. The summed E-state index contributed by atoms with van der Waals surface area (Å²) in [5.41, 5.74) is 3.49. The number of hydrogen-bond donors (Lipinski definition) is 1. The molecule has 2 nitrogen and oxygen atoms in total. The average molecular weight is 218 g/mol. The van der Waals surface area contributed by atoms with Gasteiger partial charge in [-0.2, -0.15) is 0 Å². The topological polar surface area (TPSA) is 24.9 Å². The molecule has 0 amide bonds. The summed E-state index contributed by atoms with van der Waals surface area (Å²) in [5, 5.41) is 3.51. The Bertz CT molecular complexity index is 352. The van der Waals surface area contributed by atoms with Gasteiger partial charge in [-0.25, -0.2) is 0 Å². The molecule has 1 N–H and O–H groups in total. The van der Waals surface area contributed by atoms with Gasteiger partial charge in [0.25, 0.3) is 0 Å². The minimum Gasteiger partial charge on any atom is -0.305 e. The molecule has 1 aromatic rings. The van der Waals surface area contributed by atoms with Crippen LogP contribution in [0.15, 0.2) is 29.8 Å². The molecule has 88 valence electrons. The molecule has 1 rings (SSSR count). The molecule has 0 bridgehead atoms. The third-order valence-corrected chi connectivity index (χ3v) is 2.34. The van der Waals surface area contributed by atoms with Crippen molar-refractivity contribution in [2.24, 2.45) is 0 Å². The van der Waals surface area contributed by atoms with Gasteiger partial charge in [0.2, 0.25) is 0 Å². The van der Waals surface area contributed by atoms with Crippen molar-refractivity contribution < 1.29 is 0 Å². The van der Waals surface area contributed by atoms with Crippen LogP contribution in [0.1, 0.15) is 44.6 Å². The van der Waals surface area contributed by atoms with Gasteiger partial charge < -0.3 is 5.32 Å². The number of pyridine rings is 1. The Hall–Kier alpha value is -1.15. The van der Waals surface area contributed by atoms with Crippen molar-refractivity contribution >= 4 is 0 Å². The molecule has 0 spiro atoms. The third-order valence-electron chi connectivity index (χ3n) is 2.34. The second kappa shape index (κ2) is 6.44. The minimum atomic E-state index is 0.241. The second-order valence-corrected chi connectivity index (χ2v) is 4.38. The number of nitrogens with one attached hydrogen (secondary N) is 1. The Morgan fingerprint density at radius 3 is 2.75 bits per heavy atom. The van der Waals surface area contributed by atoms with Gasteiger partial charge >= 0.3 is 0 Å². The average Bonchev–Trinajstić information content (AvgIpc) is 2.23. The summed E-state index contributed by atoms with van der Waals surface area (Å²) in [4.78, 5) is 4.57. The maximum absolute atomic E-state index is 4.57. The highest BCUT2D eigenvalue weighted by Crippen LogP contribution is 2.14. The molecule has 0 aliphatic heterocycles. The number of allylic oxidation sites excluding steroid dienone is 1. The Morgan fingerprint density at radius 1 is 1.44 bits per heavy atom. The summed E-state index contributed by atoms with van der Waals surface area (Å²) in [5.74, 6) is 0. The molecular formula is C14H22N2. The van der Waals surface area contributed by atoms with Gasteiger partial charge in [0.05, 0.1) is 11.7 Å². The summed E-state index contributed by atoms with van der Waals surface area (Å²) in [7, 11) is 0. The van der Waals surface area contributed by atoms with Crippen molar-refractivity contribution in [2.75, 3.05) is 6.54 Å². The highest BCUT2D eigenvalue weighted by Gasteiger charge is 2.08. The molecule has 0 aliphatic rings. The van der Waals surface area contributed by atoms with E-state index in [9.17, 15) is 0 Å². The van der Waals surface area contributed by atoms with Crippen LogP contribution in [0.2, 0.25) is 0 Å². The van der Waals surface area contributed by atoms with Crippen molar-refractivity contribution in [1.82, 2.24) is 10.3 Å². The first-order chi connectivity index (χ1) is 7.63. The van der Waals surface area contributed by atoms with Gasteiger partial charge in [0.15, 0.2) is 0 Å². The van der Waals surface area contributed by atoms with Gasteiger partial charge in [-0.1, -0.05) is 24.6 Å². The third kappa shape index (κ3) is 4.15. The van der Waals surface area contributed by atoms with Crippen LogP contribution >= 0.6 is 0 Å². The fourth-order valence-electron chi connectivity index (χ4n) is 1.62. The van der Waals surface area contributed by atoms with Crippen LogP contribution in [0, 0.1) is 6.92 Å². The number of hydrogen-bond acceptors (Lipinski definition) is 2. The van der Waals surface area contributed by atoms with Crippen molar-refractivity contribution in [3.8, 4) is 0 Å². The van der Waals surface area contributed by atoms with Crippen LogP contribution < -0.4 is 5.32 Å². The minimum absolute atomic E-state index is 0.241. The van der Waals surface area contributed by atoms with E-state index in [0.29, 0.717) is 0 Å². The summed E-state index contributed by atoms with van der Waals surface area (Å²) < 4.78 is 0. The number of aromatic nitrogens is 1. The fourth-order valence-corrected chi connectivity index (χ4v) is 1.62. The van der Waals surface area contributed by atoms with Crippen LogP contribution in [0.4, 0.5) is 0 Å². The maximum atomic E-state index is 4.57. The molecule has 0 saturated carbocycles. The summed E-state index contributed by atoms with van der Waals surface area (Å²) in [6.45, 7) is 9.47. The second-order valence-electron chi connectivity index (χ2n) is 4.38. The predicted molar refractivity (Wildman–Crippen MR) is 69.4 cm³/mol. The molecule has 0 aromatic carbocycles. The van der Waals surface area contributed by atoms with Crippen LogP contribution in [0.5, 0.6) is 0 Å². The van der Waals surface area contributed by atoms with Crippen molar-refractivity contribution in [3.05, 3.63) is 41.2 Å². The number of nitrogens with zero attached hydrogens (tertiary/aromatic N) is 1. The molecule has 0 radical (unpaired) electrons. The molecule has 2 heteroatoms.